The summed E-state index contributed by atoms with van der Waals surface area (Å²) in [5, 5.41) is 17.5. The molecule has 0 unspecified atom stereocenters. The minimum absolute atomic E-state index is 0.301. The van der Waals surface area contributed by atoms with Gasteiger partial charge in [0, 0.05) is 31.6 Å². The maximum Gasteiger partial charge on any atom is 0.0645 e. The molecule has 1 aliphatic carbocycles. The van der Waals surface area contributed by atoms with E-state index in [-0.39, 0.29) is 0 Å². The van der Waals surface area contributed by atoms with E-state index in [1.54, 1.807) is 6.20 Å². The van der Waals surface area contributed by atoms with Crippen LogP contribution in [-0.4, -0.2) is 27.5 Å². The summed E-state index contributed by atoms with van der Waals surface area (Å²) in [4.78, 5) is 0. The highest BCUT2D eigenvalue weighted by Crippen LogP contribution is 2.23. The molecule has 2 atom stereocenters. The lowest BCUT2D eigenvalue weighted by atomic mass is 9.95. The second-order valence-electron chi connectivity index (χ2n) is 6.19. The van der Waals surface area contributed by atoms with E-state index < -0.39 is 0 Å². The summed E-state index contributed by atoms with van der Waals surface area (Å²) in [6, 6.07) is 10.9. The van der Waals surface area contributed by atoms with Crippen LogP contribution in [0.5, 0.6) is 0 Å². The predicted octanol–water partition coefficient (Wildman–Crippen LogP) is 2.90. The summed E-state index contributed by atoms with van der Waals surface area (Å²) in [5.41, 5.74) is 2.35. The maximum atomic E-state index is 9.58. The molecule has 22 heavy (non-hydrogen) atoms. The molecule has 0 spiro atoms. The van der Waals surface area contributed by atoms with Gasteiger partial charge >= 0.3 is 0 Å². The molecule has 1 fully saturated rings. The number of benzene rings is 1. The molecule has 1 heterocycles. The van der Waals surface area contributed by atoms with Crippen molar-refractivity contribution in [1.29, 1.82) is 0 Å². The number of hydrogen-bond acceptors (Lipinski definition) is 3. The van der Waals surface area contributed by atoms with Crippen LogP contribution in [0.4, 0.5) is 0 Å². The number of nitrogens with one attached hydrogen (secondary N) is 1. The molecule has 0 bridgehead atoms. The first-order valence-electron chi connectivity index (χ1n) is 8.30. The Kier molecular flexibility index (Phi) is 5.24. The summed E-state index contributed by atoms with van der Waals surface area (Å²) < 4.78 is 1.87. The van der Waals surface area contributed by atoms with E-state index in [1.165, 1.54) is 31.2 Å². The first-order valence-corrected chi connectivity index (χ1v) is 8.30. The van der Waals surface area contributed by atoms with Gasteiger partial charge in [0.2, 0.25) is 0 Å². The van der Waals surface area contributed by atoms with Crippen molar-refractivity contribution < 1.29 is 5.11 Å². The third-order valence-electron chi connectivity index (χ3n) is 4.67. The van der Waals surface area contributed by atoms with Crippen LogP contribution in [-0.2, 0) is 6.54 Å². The molecule has 4 nitrogen and oxygen atoms in total. The predicted molar refractivity (Wildman–Crippen MR) is 87.9 cm³/mol. The van der Waals surface area contributed by atoms with Crippen LogP contribution in [0.25, 0.3) is 5.69 Å². The molecule has 0 saturated heterocycles. The van der Waals surface area contributed by atoms with Gasteiger partial charge in [-0.05, 0) is 42.5 Å². The van der Waals surface area contributed by atoms with Gasteiger partial charge in [0.05, 0.1) is 5.69 Å². The monoisotopic (exact) mass is 299 g/mol. The molecular weight excluding hydrogens is 274 g/mol. The largest absolute Gasteiger partial charge is 0.396 e. The Hall–Kier alpha value is -1.65. The Labute approximate surface area is 132 Å². The van der Waals surface area contributed by atoms with E-state index in [4.69, 9.17) is 0 Å². The summed E-state index contributed by atoms with van der Waals surface area (Å²) >= 11 is 0. The summed E-state index contributed by atoms with van der Waals surface area (Å²) in [5.74, 6) is 0.408. The Morgan fingerprint density at radius 2 is 1.95 bits per heavy atom. The van der Waals surface area contributed by atoms with Gasteiger partial charge in [0.25, 0.3) is 0 Å². The van der Waals surface area contributed by atoms with Crippen LogP contribution < -0.4 is 5.32 Å². The summed E-state index contributed by atoms with van der Waals surface area (Å²) in [6.45, 7) is 1.16. The zero-order valence-corrected chi connectivity index (χ0v) is 13.0. The first-order chi connectivity index (χ1) is 10.9. The van der Waals surface area contributed by atoms with E-state index in [9.17, 15) is 5.11 Å². The SMILES string of the molecule is OC[C@H]1CCCCC[C@@H]1NCc1ccc(-n2cccn2)cc1. The van der Waals surface area contributed by atoms with E-state index in [2.05, 4.69) is 34.7 Å². The van der Waals surface area contributed by atoms with Crippen LogP contribution in [0.1, 0.15) is 37.7 Å². The van der Waals surface area contributed by atoms with Crippen molar-refractivity contribution in [2.24, 2.45) is 5.92 Å². The molecule has 1 saturated carbocycles. The van der Waals surface area contributed by atoms with Crippen molar-refractivity contribution in [2.75, 3.05) is 6.61 Å². The molecule has 1 aromatic carbocycles. The average molecular weight is 299 g/mol. The summed E-state index contributed by atoms with van der Waals surface area (Å²) in [7, 11) is 0. The van der Waals surface area contributed by atoms with Crippen LogP contribution in [0.15, 0.2) is 42.7 Å². The van der Waals surface area contributed by atoms with E-state index in [0.29, 0.717) is 18.6 Å². The van der Waals surface area contributed by atoms with E-state index in [1.807, 2.05) is 16.9 Å². The number of aromatic nitrogens is 2. The van der Waals surface area contributed by atoms with Gasteiger partial charge in [-0.15, -0.1) is 0 Å². The van der Waals surface area contributed by atoms with Crippen LogP contribution in [0, 0.1) is 5.92 Å². The third kappa shape index (κ3) is 3.76. The van der Waals surface area contributed by atoms with Gasteiger partial charge in [0.1, 0.15) is 0 Å². The third-order valence-corrected chi connectivity index (χ3v) is 4.67. The van der Waals surface area contributed by atoms with Gasteiger partial charge in [-0.1, -0.05) is 31.4 Å². The minimum Gasteiger partial charge on any atom is -0.396 e. The van der Waals surface area contributed by atoms with Gasteiger partial charge in [-0.25, -0.2) is 4.68 Å². The highest BCUT2D eigenvalue weighted by molar-refractivity contribution is 5.33. The van der Waals surface area contributed by atoms with Crippen LogP contribution in [0.3, 0.4) is 0 Å². The smallest absolute Gasteiger partial charge is 0.0645 e. The fourth-order valence-electron chi connectivity index (χ4n) is 3.31. The zero-order valence-electron chi connectivity index (χ0n) is 13.0. The summed E-state index contributed by atoms with van der Waals surface area (Å²) in [6.07, 6.45) is 9.88. The molecule has 2 aromatic rings. The molecule has 3 rings (SSSR count). The van der Waals surface area contributed by atoms with Crippen LogP contribution >= 0.6 is 0 Å². The number of hydrogen-bond donors (Lipinski definition) is 2. The number of aliphatic hydroxyl groups is 1. The van der Waals surface area contributed by atoms with Gasteiger partial charge in [-0.3, -0.25) is 0 Å². The molecule has 1 aliphatic rings. The molecule has 4 heteroatoms. The van der Waals surface area contributed by atoms with Crippen molar-refractivity contribution in [1.82, 2.24) is 15.1 Å². The standard InChI is InChI=1S/C18H25N3O/c22-14-16-5-2-1-3-6-18(16)19-13-15-7-9-17(10-8-15)21-12-4-11-20-21/h4,7-12,16,18-19,22H,1-3,5-6,13-14H2/t16-,18+/m1/s1. The van der Waals surface area contributed by atoms with Gasteiger partial charge in [0.15, 0.2) is 0 Å². The topological polar surface area (TPSA) is 50.1 Å². The second-order valence-corrected chi connectivity index (χ2v) is 6.19. The average Bonchev–Trinajstić information content (AvgIpc) is 3.00. The van der Waals surface area contributed by atoms with E-state index >= 15 is 0 Å². The second kappa shape index (κ2) is 7.56. The van der Waals surface area contributed by atoms with Gasteiger partial charge in [-0.2, -0.15) is 5.10 Å². The maximum absolute atomic E-state index is 9.58. The van der Waals surface area contributed by atoms with E-state index in [0.717, 1.165) is 18.7 Å². The lowest BCUT2D eigenvalue weighted by molar-refractivity contribution is 0.181. The van der Waals surface area contributed by atoms with Crippen molar-refractivity contribution in [3.63, 3.8) is 0 Å². The highest BCUT2D eigenvalue weighted by Gasteiger charge is 2.22. The zero-order chi connectivity index (χ0) is 15.2. The minimum atomic E-state index is 0.301. The van der Waals surface area contributed by atoms with Crippen molar-refractivity contribution in [3.05, 3.63) is 48.3 Å². The molecule has 0 radical (unpaired) electrons. The normalized spacial score (nSPS) is 22.4. The van der Waals surface area contributed by atoms with Crippen molar-refractivity contribution in [3.8, 4) is 5.69 Å². The molecule has 2 N–H and O–H groups in total. The van der Waals surface area contributed by atoms with Crippen molar-refractivity contribution in [2.45, 2.75) is 44.7 Å². The van der Waals surface area contributed by atoms with Crippen LogP contribution in [0.2, 0.25) is 0 Å². The lowest BCUT2D eigenvalue weighted by Crippen LogP contribution is -2.36. The quantitative estimate of drug-likeness (QED) is 0.835. The Balaban J connectivity index is 1.58. The lowest BCUT2D eigenvalue weighted by Gasteiger charge is -2.24. The van der Waals surface area contributed by atoms with Crippen molar-refractivity contribution >= 4 is 0 Å². The first kappa shape index (κ1) is 15.3. The Morgan fingerprint density at radius 3 is 2.68 bits per heavy atom. The molecule has 118 valence electrons. The number of aliphatic hydroxyl groups excluding tert-OH is 1. The molecular formula is C18H25N3O. The Morgan fingerprint density at radius 1 is 1.14 bits per heavy atom. The Bertz CT molecular complexity index is 550. The highest BCUT2D eigenvalue weighted by atomic mass is 16.3. The fourth-order valence-corrected chi connectivity index (χ4v) is 3.31. The van der Waals surface area contributed by atoms with Gasteiger partial charge < -0.3 is 10.4 Å². The fraction of sp³-hybridized carbons (Fsp3) is 0.500. The molecule has 1 aromatic heterocycles. The molecule has 0 amide bonds. The number of rotatable bonds is 5. The molecule has 0 aliphatic heterocycles. The number of nitrogens with zero attached hydrogens (tertiary/aromatic N) is 2.